The van der Waals surface area contributed by atoms with Crippen LogP contribution in [0.1, 0.15) is 23.2 Å². The summed E-state index contributed by atoms with van der Waals surface area (Å²) in [6, 6.07) is 5.73. The van der Waals surface area contributed by atoms with Crippen molar-refractivity contribution in [3.63, 3.8) is 0 Å². The van der Waals surface area contributed by atoms with Crippen LogP contribution in [0.2, 0.25) is 0 Å². The molecular weight excluding hydrogens is 216 g/mol. The van der Waals surface area contributed by atoms with E-state index in [4.69, 9.17) is 10.5 Å². The molecule has 92 valence electrons. The molecule has 0 spiro atoms. The Morgan fingerprint density at radius 3 is 2.71 bits per heavy atom. The minimum atomic E-state index is -0.0807. The zero-order valence-electron chi connectivity index (χ0n) is 10.1. The summed E-state index contributed by atoms with van der Waals surface area (Å²) in [5.41, 5.74) is 7.08. The van der Waals surface area contributed by atoms with E-state index in [1.165, 1.54) is 12.8 Å². The van der Waals surface area contributed by atoms with E-state index in [-0.39, 0.29) is 12.3 Å². The third-order valence-electron chi connectivity index (χ3n) is 3.14. The topological polar surface area (TPSA) is 55.6 Å². The first kappa shape index (κ1) is 11.9. The molecule has 2 N–H and O–H groups in total. The Bertz CT molecular complexity index is 412. The van der Waals surface area contributed by atoms with Crippen LogP contribution in [-0.4, -0.2) is 32.5 Å². The van der Waals surface area contributed by atoms with Crippen LogP contribution in [0, 0.1) is 0 Å². The largest absolute Gasteiger partial charge is 0.496 e. The third kappa shape index (κ3) is 2.42. The Balaban J connectivity index is 2.33. The van der Waals surface area contributed by atoms with Crippen molar-refractivity contribution in [1.82, 2.24) is 0 Å². The second-order valence-corrected chi connectivity index (χ2v) is 4.21. The summed E-state index contributed by atoms with van der Waals surface area (Å²) in [6.45, 7) is 2.13. The Morgan fingerprint density at radius 1 is 1.41 bits per heavy atom. The predicted molar refractivity (Wildman–Crippen MR) is 67.8 cm³/mol. The van der Waals surface area contributed by atoms with Gasteiger partial charge in [0.25, 0.3) is 0 Å². The molecule has 0 saturated carbocycles. The van der Waals surface area contributed by atoms with Crippen LogP contribution in [0.5, 0.6) is 5.75 Å². The highest BCUT2D eigenvalue weighted by molar-refractivity contribution is 6.00. The van der Waals surface area contributed by atoms with Gasteiger partial charge in [0.05, 0.1) is 19.2 Å². The van der Waals surface area contributed by atoms with E-state index in [1.54, 1.807) is 7.11 Å². The molecular formula is C13H18N2O2. The highest BCUT2D eigenvalue weighted by atomic mass is 16.5. The molecule has 2 rings (SSSR count). The summed E-state index contributed by atoms with van der Waals surface area (Å²) in [5, 5.41) is 0. The molecule has 0 aliphatic carbocycles. The van der Waals surface area contributed by atoms with Crippen molar-refractivity contribution in [3.05, 3.63) is 23.8 Å². The first-order valence-electron chi connectivity index (χ1n) is 5.92. The van der Waals surface area contributed by atoms with Gasteiger partial charge in [0, 0.05) is 18.8 Å². The van der Waals surface area contributed by atoms with Gasteiger partial charge in [-0.2, -0.15) is 0 Å². The maximum absolute atomic E-state index is 11.7. The van der Waals surface area contributed by atoms with E-state index in [1.807, 2.05) is 18.2 Å². The quantitative estimate of drug-likeness (QED) is 0.801. The fourth-order valence-electron chi connectivity index (χ4n) is 2.20. The summed E-state index contributed by atoms with van der Waals surface area (Å²) >= 11 is 0. The maximum atomic E-state index is 11.7. The first-order chi connectivity index (χ1) is 8.26. The van der Waals surface area contributed by atoms with E-state index >= 15 is 0 Å². The van der Waals surface area contributed by atoms with Crippen molar-refractivity contribution in [2.24, 2.45) is 5.73 Å². The lowest BCUT2D eigenvalue weighted by Crippen LogP contribution is -2.19. The number of Topliss-reactive ketones (excluding diaryl/α,β-unsaturated/α-hetero) is 1. The zero-order valence-corrected chi connectivity index (χ0v) is 10.1. The lowest BCUT2D eigenvalue weighted by molar-refractivity contribution is 0.0998. The van der Waals surface area contributed by atoms with Crippen LogP contribution < -0.4 is 15.4 Å². The Hall–Kier alpha value is -1.55. The second kappa shape index (κ2) is 5.19. The van der Waals surface area contributed by atoms with Crippen molar-refractivity contribution in [2.45, 2.75) is 12.8 Å². The van der Waals surface area contributed by atoms with Crippen molar-refractivity contribution >= 4 is 11.5 Å². The molecule has 1 aliphatic heterocycles. The Labute approximate surface area is 101 Å². The lowest BCUT2D eigenvalue weighted by atomic mass is 10.1. The number of ketones is 1. The minimum Gasteiger partial charge on any atom is -0.496 e. The zero-order chi connectivity index (χ0) is 12.3. The standard InChI is InChI=1S/C13H18N2O2/c1-17-13-5-4-10(15-6-2-3-7-15)8-11(13)12(16)9-14/h4-5,8H,2-3,6-7,9,14H2,1H3. The number of methoxy groups -OCH3 is 1. The Kier molecular flexibility index (Phi) is 3.64. The summed E-state index contributed by atoms with van der Waals surface area (Å²) < 4.78 is 5.19. The highest BCUT2D eigenvalue weighted by Gasteiger charge is 2.16. The third-order valence-corrected chi connectivity index (χ3v) is 3.14. The van der Waals surface area contributed by atoms with Gasteiger partial charge in [-0.3, -0.25) is 4.79 Å². The van der Waals surface area contributed by atoms with Crippen LogP contribution in [0.15, 0.2) is 18.2 Å². The number of nitrogens with zero attached hydrogens (tertiary/aromatic N) is 1. The number of hydrogen-bond donors (Lipinski definition) is 1. The molecule has 0 unspecified atom stereocenters. The van der Waals surface area contributed by atoms with Crippen molar-refractivity contribution in [3.8, 4) is 5.75 Å². The number of carbonyl (C=O) groups is 1. The van der Waals surface area contributed by atoms with Gasteiger partial charge in [-0.1, -0.05) is 0 Å². The van der Waals surface area contributed by atoms with Gasteiger partial charge in [0.15, 0.2) is 5.78 Å². The number of ether oxygens (including phenoxy) is 1. The van der Waals surface area contributed by atoms with Gasteiger partial charge in [0.2, 0.25) is 0 Å². The second-order valence-electron chi connectivity index (χ2n) is 4.21. The number of hydrogen-bond acceptors (Lipinski definition) is 4. The summed E-state index contributed by atoms with van der Waals surface area (Å²) in [6.07, 6.45) is 2.43. The van der Waals surface area contributed by atoms with Crippen LogP contribution in [0.25, 0.3) is 0 Å². The fourth-order valence-corrected chi connectivity index (χ4v) is 2.20. The van der Waals surface area contributed by atoms with Gasteiger partial charge in [0.1, 0.15) is 5.75 Å². The van der Waals surface area contributed by atoms with Crippen molar-refractivity contribution in [1.29, 1.82) is 0 Å². The van der Waals surface area contributed by atoms with Gasteiger partial charge >= 0.3 is 0 Å². The van der Waals surface area contributed by atoms with Crippen LogP contribution in [0.4, 0.5) is 5.69 Å². The molecule has 17 heavy (non-hydrogen) atoms. The van der Waals surface area contributed by atoms with E-state index in [2.05, 4.69) is 4.90 Å². The number of anilines is 1. The summed E-state index contributed by atoms with van der Waals surface area (Å²) in [5.74, 6) is 0.520. The lowest BCUT2D eigenvalue weighted by Gasteiger charge is -2.19. The Morgan fingerprint density at radius 2 is 2.12 bits per heavy atom. The normalized spacial score (nSPS) is 15.1. The molecule has 0 atom stereocenters. The number of benzene rings is 1. The van der Waals surface area contributed by atoms with E-state index in [0.717, 1.165) is 18.8 Å². The van der Waals surface area contributed by atoms with Crippen LogP contribution >= 0.6 is 0 Å². The van der Waals surface area contributed by atoms with Crippen molar-refractivity contribution in [2.75, 3.05) is 31.6 Å². The first-order valence-corrected chi connectivity index (χ1v) is 5.92. The predicted octanol–water partition coefficient (Wildman–Crippen LogP) is 1.44. The number of carbonyl (C=O) groups excluding carboxylic acids is 1. The monoisotopic (exact) mass is 234 g/mol. The number of nitrogens with two attached hydrogens (primary N) is 1. The molecule has 0 bridgehead atoms. The maximum Gasteiger partial charge on any atom is 0.180 e. The van der Waals surface area contributed by atoms with Crippen LogP contribution in [-0.2, 0) is 0 Å². The minimum absolute atomic E-state index is 0.0137. The molecule has 1 fully saturated rings. The molecule has 1 aromatic rings. The molecule has 4 heteroatoms. The smallest absolute Gasteiger partial charge is 0.180 e. The molecule has 1 aliphatic rings. The van der Waals surface area contributed by atoms with E-state index in [0.29, 0.717) is 11.3 Å². The van der Waals surface area contributed by atoms with Gasteiger partial charge in [-0.05, 0) is 31.0 Å². The van der Waals surface area contributed by atoms with Gasteiger partial charge < -0.3 is 15.4 Å². The van der Waals surface area contributed by atoms with E-state index < -0.39 is 0 Å². The summed E-state index contributed by atoms with van der Waals surface area (Å²) in [4.78, 5) is 14.0. The summed E-state index contributed by atoms with van der Waals surface area (Å²) in [7, 11) is 1.57. The molecule has 1 saturated heterocycles. The average Bonchev–Trinajstić information content (AvgIpc) is 2.91. The van der Waals surface area contributed by atoms with Gasteiger partial charge in [-0.15, -0.1) is 0 Å². The van der Waals surface area contributed by atoms with E-state index in [9.17, 15) is 4.79 Å². The number of rotatable bonds is 4. The van der Waals surface area contributed by atoms with Crippen molar-refractivity contribution < 1.29 is 9.53 Å². The molecule has 1 heterocycles. The highest BCUT2D eigenvalue weighted by Crippen LogP contribution is 2.27. The molecule has 1 aromatic carbocycles. The van der Waals surface area contributed by atoms with Crippen LogP contribution in [0.3, 0.4) is 0 Å². The molecule has 4 nitrogen and oxygen atoms in total. The molecule has 0 amide bonds. The fraction of sp³-hybridized carbons (Fsp3) is 0.462. The van der Waals surface area contributed by atoms with Gasteiger partial charge in [-0.25, -0.2) is 0 Å². The molecule has 0 radical (unpaired) electrons. The average molecular weight is 234 g/mol. The SMILES string of the molecule is COc1ccc(N2CCCC2)cc1C(=O)CN. The molecule has 0 aromatic heterocycles.